The molecule has 0 fully saturated rings. The van der Waals surface area contributed by atoms with Crippen molar-refractivity contribution in [3.63, 3.8) is 0 Å². The van der Waals surface area contributed by atoms with E-state index in [0.717, 1.165) is 18.2 Å². The first-order valence-electron chi connectivity index (χ1n) is 5.76. The highest BCUT2D eigenvalue weighted by Crippen LogP contribution is 2.24. The molecule has 21 heavy (non-hydrogen) atoms. The Morgan fingerprint density at radius 1 is 1.29 bits per heavy atom. The maximum absolute atomic E-state index is 13.5. The third-order valence-corrected chi connectivity index (χ3v) is 2.14. The van der Waals surface area contributed by atoms with Crippen LogP contribution in [0.5, 0.6) is 5.75 Å². The minimum absolute atomic E-state index is 0.160. The smallest absolute Gasteiger partial charge is 0.411 e. The highest BCUT2D eigenvalue weighted by molar-refractivity contribution is 5.85. The van der Waals surface area contributed by atoms with Gasteiger partial charge in [0.05, 0.1) is 6.61 Å². The van der Waals surface area contributed by atoms with Gasteiger partial charge in [0.2, 0.25) is 0 Å². The molecule has 4 nitrogen and oxygen atoms in total. The third kappa shape index (κ3) is 6.75. The van der Waals surface area contributed by atoms with E-state index in [1.807, 2.05) is 0 Å². The van der Waals surface area contributed by atoms with Crippen molar-refractivity contribution in [3.8, 4) is 5.75 Å². The van der Waals surface area contributed by atoms with E-state index in [2.05, 4.69) is 4.74 Å². The monoisotopic (exact) mass is 308 g/mol. The first-order chi connectivity index (χ1) is 9.79. The summed E-state index contributed by atoms with van der Waals surface area (Å²) >= 11 is 0. The maximum Gasteiger partial charge on any atom is 0.411 e. The Morgan fingerprint density at radius 2 is 2.00 bits per heavy atom. The summed E-state index contributed by atoms with van der Waals surface area (Å²) in [5.41, 5.74) is 0.160. The van der Waals surface area contributed by atoms with Crippen molar-refractivity contribution in [1.29, 1.82) is 0 Å². The van der Waals surface area contributed by atoms with Crippen LogP contribution in [0.4, 0.5) is 17.6 Å². The van der Waals surface area contributed by atoms with E-state index in [-0.39, 0.29) is 24.5 Å². The van der Waals surface area contributed by atoms with E-state index in [4.69, 9.17) is 9.84 Å². The number of halogens is 4. The van der Waals surface area contributed by atoms with Gasteiger partial charge < -0.3 is 14.6 Å². The van der Waals surface area contributed by atoms with E-state index in [9.17, 15) is 22.4 Å². The quantitative estimate of drug-likeness (QED) is 0.478. The summed E-state index contributed by atoms with van der Waals surface area (Å²) in [6.45, 7) is -2.10. The van der Waals surface area contributed by atoms with E-state index in [0.29, 0.717) is 0 Å². The lowest BCUT2D eigenvalue weighted by Crippen LogP contribution is -2.19. The molecule has 0 bridgehead atoms. The maximum atomic E-state index is 13.5. The normalized spacial score (nSPS) is 11.8. The van der Waals surface area contributed by atoms with Crippen molar-refractivity contribution in [2.45, 2.75) is 6.18 Å². The fourth-order valence-electron chi connectivity index (χ4n) is 1.36. The first-order valence-corrected chi connectivity index (χ1v) is 5.76. The number of alkyl halides is 3. The van der Waals surface area contributed by atoms with Gasteiger partial charge in [0, 0.05) is 11.6 Å². The molecule has 0 saturated heterocycles. The Kier molecular flexibility index (Phi) is 6.16. The molecule has 1 aromatic rings. The number of aliphatic carboxylic acids is 1. The second-order valence-electron chi connectivity index (χ2n) is 3.85. The number of carboxylic acid groups (broad SMARTS) is 1. The average molecular weight is 308 g/mol. The fraction of sp³-hybridized carbons (Fsp3) is 0.308. The van der Waals surface area contributed by atoms with Gasteiger partial charge in [-0.25, -0.2) is 9.18 Å². The average Bonchev–Trinajstić information content (AvgIpc) is 2.36. The van der Waals surface area contributed by atoms with Crippen LogP contribution in [-0.2, 0) is 9.53 Å². The zero-order valence-electron chi connectivity index (χ0n) is 10.7. The number of ether oxygens (including phenoxy) is 2. The van der Waals surface area contributed by atoms with Crippen LogP contribution in [0, 0.1) is 5.82 Å². The van der Waals surface area contributed by atoms with Crippen LogP contribution in [0.3, 0.4) is 0 Å². The van der Waals surface area contributed by atoms with Gasteiger partial charge in [-0.2, -0.15) is 13.2 Å². The molecule has 1 N–H and O–H groups in total. The Hall–Kier alpha value is -2.09. The third-order valence-electron chi connectivity index (χ3n) is 2.14. The summed E-state index contributed by atoms with van der Waals surface area (Å²) in [5, 5.41) is 8.51. The number of hydrogen-bond acceptors (Lipinski definition) is 3. The van der Waals surface area contributed by atoms with E-state index in [1.165, 1.54) is 12.1 Å². The largest absolute Gasteiger partial charge is 0.487 e. The van der Waals surface area contributed by atoms with Crippen LogP contribution in [-0.4, -0.2) is 37.1 Å². The Balaban J connectivity index is 2.59. The van der Waals surface area contributed by atoms with Crippen molar-refractivity contribution in [3.05, 3.63) is 35.7 Å². The van der Waals surface area contributed by atoms with Crippen molar-refractivity contribution < 1.29 is 36.9 Å². The minimum atomic E-state index is -4.44. The van der Waals surface area contributed by atoms with Gasteiger partial charge in [0.25, 0.3) is 0 Å². The standard InChI is InChI=1S/C13H12F4O4/c14-10-3-1-2-9(4-5-11(18)19)12(10)21-7-6-20-8-13(15,16)17/h1-5H,6-8H2,(H,18,19)/b5-4+. The van der Waals surface area contributed by atoms with Gasteiger partial charge in [-0.3, -0.25) is 0 Å². The number of carbonyl (C=O) groups is 1. The molecule has 0 aliphatic heterocycles. The van der Waals surface area contributed by atoms with Gasteiger partial charge >= 0.3 is 12.1 Å². The highest BCUT2D eigenvalue weighted by atomic mass is 19.4. The lowest BCUT2D eigenvalue weighted by atomic mass is 10.2. The molecule has 0 spiro atoms. The molecule has 0 saturated carbocycles. The number of hydrogen-bond donors (Lipinski definition) is 1. The first kappa shape index (κ1) is 17.0. The zero-order chi connectivity index (χ0) is 15.9. The Morgan fingerprint density at radius 3 is 2.62 bits per heavy atom. The lowest BCUT2D eigenvalue weighted by molar-refractivity contribution is -0.175. The van der Waals surface area contributed by atoms with E-state index < -0.39 is 24.6 Å². The van der Waals surface area contributed by atoms with Crippen molar-refractivity contribution in [1.82, 2.24) is 0 Å². The molecule has 8 heteroatoms. The molecular formula is C13H12F4O4. The van der Waals surface area contributed by atoms with Crippen LogP contribution in [0.25, 0.3) is 6.08 Å². The summed E-state index contributed by atoms with van der Waals surface area (Å²) < 4.78 is 58.3. The summed E-state index contributed by atoms with van der Waals surface area (Å²) in [7, 11) is 0. The van der Waals surface area contributed by atoms with E-state index >= 15 is 0 Å². The van der Waals surface area contributed by atoms with Gasteiger partial charge in [0.15, 0.2) is 11.6 Å². The van der Waals surface area contributed by atoms with Gasteiger partial charge in [-0.1, -0.05) is 12.1 Å². The van der Waals surface area contributed by atoms with Crippen LogP contribution in [0.2, 0.25) is 0 Å². The molecule has 0 radical (unpaired) electrons. The second kappa shape index (κ2) is 7.63. The molecule has 1 aromatic carbocycles. The molecule has 116 valence electrons. The summed E-state index contributed by atoms with van der Waals surface area (Å²) in [5.74, 6) is -2.22. The summed E-state index contributed by atoms with van der Waals surface area (Å²) in [6, 6.07) is 3.85. The van der Waals surface area contributed by atoms with Crippen LogP contribution in [0.15, 0.2) is 24.3 Å². The molecule has 0 aliphatic carbocycles. The number of carboxylic acids is 1. The van der Waals surface area contributed by atoms with Gasteiger partial charge in [-0.05, 0) is 12.1 Å². The molecular weight excluding hydrogens is 296 g/mol. The molecule has 0 amide bonds. The van der Waals surface area contributed by atoms with Crippen molar-refractivity contribution in [2.75, 3.05) is 19.8 Å². The fourth-order valence-corrected chi connectivity index (χ4v) is 1.36. The minimum Gasteiger partial charge on any atom is -0.487 e. The van der Waals surface area contributed by atoms with Crippen molar-refractivity contribution in [2.24, 2.45) is 0 Å². The lowest BCUT2D eigenvalue weighted by Gasteiger charge is -2.11. The highest BCUT2D eigenvalue weighted by Gasteiger charge is 2.27. The molecule has 0 aliphatic rings. The number of benzene rings is 1. The zero-order valence-corrected chi connectivity index (χ0v) is 10.7. The predicted molar refractivity (Wildman–Crippen MR) is 65.4 cm³/mol. The summed E-state index contributed by atoms with van der Waals surface area (Å²) in [6.07, 6.45) is -2.52. The summed E-state index contributed by atoms with van der Waals surface area (Å²) in [4.78, 5) is 10.4. The predicted octanol–water partition coefficient (Wildman–Crippen LogP) is 2.88. The molecule has 0 atom stereocenters. The Labute approximate surface area is 117 Å². The van der Waals surface area contributed by atoms with Gasteiger partial charge in [0.1, 0.15) is 13.2 Å². The topological polar surface area (TPSA) is 55.8 Å². The van der Waals surface area contributed by atoms with Gasteiger partial charge in [-0.15, -0.1) is 0 Å². The molecule has 0 unspecified atom stereocenters. The number of para-hydroxylation sites is 1. The van der Waals surface area contributed by atoms with Crippen LogP contribution >= 0.6 is 0 Å². The molecule has 1 rings (SSSR count). The molecule has 0 aromatic heterocycles. The van der Waals surface area contributed by atoms with E-state index in [1.54, 1.807) is 0 Å². The van der Waals surface area contributed by atoms with Crippen molar-refractivity contribution >= 4 is 12.0 Å². The number of rotatable bonds is 7. The van der Waals surface area contributed by atoms with Crippen LogP contribution in [0.1, 0.15) is 5.56 Å². The Bertz CT molecular complexity index is 511. The SMILES string of the molecule is O=C(O)/C=C/c1cccc(F)c1OCCOCC(F)(F)F. The second-order valence-corrected chi connectivity index (χ2v) is 3.85. The molecule has 0 heterocycles. The van der Waals surface area contributed by atoms with Crippen LogP contribution < -0.4 is 4.74 Å².